The number of carbonyl (C=O) groups excluding carboxylic acids is 4. The van der Waals surface area contributed by atoms with E-state index in [1.807, 2.05) is 6.07 Å². The fourth-order valence-corrected chi connectivity index (χ4v) is 5.25. The number of esters is 1. The SMILES string of the molecule is COC(=O)c1ccccc1N1C(=O)[C@@H]2[C@H](C1=O)[C@@H](C(=O)c1cccc([N+](=O)[O-])c1)N1C=CC(C#N)=C[C@@H]21. The molecule has 2 amide bonds. The Morgan fingerprint density at radius 2 is 1.81 bits per heavy atom. The molecule has 3 heterocycles. The van der Waals surface area contributed by atoms with Gasteiger partial charge in [-0.3, -0.25) is 24.5 Å². The van der Waals surface area contributed by atoms with Crippen molar-refractivity contribution in [3.05, 3.63) is 93.7 Å². The zero-order valence-corrected chi connectivity index (χ0v) is 19.3. The number of hydrogen-bond donors (Lipinski definition) is 0. The first kappa shape index (κ1) is 23.6. The lowest BCUT2D eigenvalue weighted by atomic mass is 9.86. The first-order valence-corrected chi connectivity index (χ1v) is 11.2. The van der Waals surface area contributed by atoms with Crippen molar-refractivity contribution in [2.24, 2.45) is 11.8 Å². The summed E-state index contributed by atoms with van der Waals surface area (Å²) in [6, 6.07) is 11.2. The van der Waals surface area contributed by atoms with Crippen molar-refractivity contribution in [2.45, 2.75) is 12.1 Å². The molecule has 2 saturated heterocycles. The van der Waals surface area contributed by atoms with E-state index < -0.39 is 52.4 Å². The molecule has 11 heteroatoms. The van der Waals surface area contributed by atoms with Crippen molar-refractivity contribution >= 4 is 34.9 Å². The molecule has 0 N–H and O–H groups in total. The molecule has 0 radical (unpaired) electrons. The Morgan fingerprint density at radius 3 is 2.51 bits per heavy atom. The van der Waals surface area contributed by atoms with Gasteiger partial charge in [0.1, 0.15) is 6.04 Å². The third-order valence-electron chi connectivity index (χ3n) is 6.84. The predicted molar refractivity (Wildman–Crippen MR) is 127 cm³/mol. The van der Waals surface area contributed by atoms with Crippen LogP contribution in [0.2, 0.25) is 0 Å². The summed E-state index contributed by atoms with van der Waals surface area (Å²) < 4.78 is 4.80. The van der Waals surface area contributed by atoms with Crippen molar-refractivity contribution in [1.29, 1.82) is 5.26 Å². The van der Waals surface area contributed by atoms with E-state index in [9.17, 15) is 34.6 Å². The van der Waals surface area contributed by atoms with E-state index in [0.29, 0.717) is 0 Å². The molecule has 5 rings (SSSR count). The summed E-state index contributed by atoms with van der Waals surface area (Å²) >= 11 is 0. The van der Waals surface area contributed by atoms with E-state index in [1.54, 1.807) is 17.0 Å². The minimum absolute atomic E-state index is 0.00175. The number of para-hydroxylation sites is 1. The number of ketones is 1. The van der Waals surface area contributed by atoms with Crippen LogP contribution in [0, 0.1) is 33.3 Å². The average molecular weight is 498 g/mol. The van der Waals surface area contributed by atoms with Crippen LogP contribution < -0.4 is 4.90 Å². The van der Waals surface area contributed by atoms with Gasteiger partial charge in [0, 0.05) is 23.9 Å². The molecule has 3 aliphatic rings. The third kappa shape index (κ3) is 3.58. The number of amides is 2. The first-order chi connectivity index (χ1) is 17.8. The second kappa shape index (κ2) is 8.83. The molecule has 11 nitrogen and oxygen atoms in total. The average Bonchev–Trinajstić information content (AvgIpc) is 3.39. The number of hydrogen-bond acceptors (Lipinski definition) is 9. The predicted octanol–water partition coefficient (Wildman–Crippen LogP) is 2.40. The van der Waals surface area contributed by atoms with Gasteiger partial charge in [0.2, 0.25) is 11.8 Å². The molecule has 0 bridgehead atoms. The normalized spacial score (nSPS) is 23.7. The molecule has 0 aliphatic carbocycles. The molecule has 3 aliphatic heterocycles. The van der Waals surface area contributed by atoms with E-state index in [2.05, 4.69) is 0 Å². The van der Waals surface area contributed by atoms with Crippen LogP contribution in [0.25, 0.3) is 0 Å². The number of rotatable bonds is 5. The van der Waals surface area contributed by atoms with Crippen LogP contribution in [0.3, 0.4) is 0 Å². The fraction of sp³-hybridized carbons (Fsp3) is 0.192. The number of nitro benzene ring substituents is 1. The van der Waals surface area contributed by atoms with Crippen LogP contribution >= 0.6 is 0 Å². The van der Waals surface area contributed by atoms with Crippen molar-refractivity contribution in [2.75, 3.05) is 12.0 Å². The zero-order chi connectivity index (χ0) is 26.4. The van der Waals surface area contributed by atoms with Crippen LogP contribution in [0.15, 0.2) is 72.5 Å². The minimum Gasteiger partial charge on any atom is -0.465 e. The van der Waals surface area contributed by atoms with Crippen LogP contribution in [-0.4, -0.2) is 52.6 Å². The number of benzene rings is 2. The van der Waals surface area contributed by atoms with E-state index in [1.165, 1.54) is 55.8 Å². The van der Waals surface area contributed by atoms with Crippen LogP contribution in [0.5, 0.6) is 0 Å². The van der Waals surface area contributed by atoms with Gasteiger partial charge in [-0.15, -0.1) is 0 Å². The Balaban J connectivity index is 1.63. The van der Waals surface area contributed by atoms with Crippen molar-refractivity contribution in [3.63, 3.8) is 0 Å². The number of ether oxygens (including phenoxy) is 1. The van der Waals surface area contributed by atoms with Gasteiger partial charge >= 0.3 is 5.97 Å². The molecule has 2 fully saturated rings. The van der Waals surface area contributed by atoms with Crippen LogP contribution in [0.1, 0.15) is 20.7 Å². The van der Waals surface area contributed by atoms with Gasteiger partial charge in [0.15, 0.2) is 5.78 Å². The maximum Gasteiger partial charge on any atom is 0.339 e. The molecule has 37 heavy (non-hydrogen) atoms. The highest BCUT2D eigenvalue weighted by Crippen LogP contribution is 2.47. The van der Waals surface area contributed by atoms with Gasteiger partial charge in [-0.05, 0) is 24.3 Å². The smallest absolute Gasteiger partial charge is 0.339 e. The van der Waals surface area contributed by atoms with Gasteiger partial charge in [-0.1, -0.05) is 24.3 Å². The van der Waals surface area contributed by atoms with Gasteiger partial charge in [-0.25, -0.2) is 9.69 Å². The molecule has 4 atom stereocenters. The summed E-state index contributed by atoms with van der Waals surface area (Å²) in [7, 11) is 1.18. The number of Topliss-reactive ketones (excluding diaryl/α,β-unsaturated/α-hetero) is 1. The van der Waals surface area contributed by atoms with Crippen molar-refractivity contribution in [1.82, 2.24) is 4.90 Å². The Hall–Kier alpha value is -5.11. The summed E-state index contributed by atoms with van der Waals surface area (Å²) in [5.41, 5.74) is 0.0117. The summed E-state index contributed by atoms with van der Waals surface area (Å²) in [6.45, 7) is 0. The number of nitrogens with zero attached hydrogens (tertiary/aromatic N) is 4. The summed E-state index contributed by atoms with van der Waals surface area (Å²) in [4.78, 5) is 66.8. The monoisotopic (exact) mass is 498 g/mol. The molecule has 0 saturated carbocycles. The Morgan fingerprint density at radius 1 is 1.08 bits per heavy atom. The van der Waals surface area contributed by atoms with Crippen molar-refractivity contribution in [3.8, 4) is 6.07 Å². The lowest BCUT2D eigenvalue weighted by molar-refractivity contribution is -0.384. The number of imide groups is 1. The molecular formula is C26H18N4O7. The van der Waals surface area contributed by atoms with Crippen LogP contribution in [0.4, 0.5) is 11.4 Å². The fourth-order valence-electron chi connectivity index (χ4n) is 5.25. The summed E-state index contributed by atoms with van der Waals surface area (Å²) in [6.07, 6.45) is 4.50. The van der Waals surface area contributed by atoms with E-state index >= 15 is 0 Å². The maximum atomic E-state index is 13.8. The number of nitriles is 1. The number of carbonyl (C=O) groups is 4. The quantitative estimate of drug-likeness (QED) is 0.199. The summed E-state index contributed by atoms with van der Waals surface area (Å²) in [5.74, 6) is -4.83. The number of fused-ring (bicyclic) bond motifs is 3. The number of methoxy groups -OCH3 is 1. The molecule has 2 aromatic carbocycles. The molecular weight excluding hydrogens is 480 g/mol. The minimum atomic E-state index is -1.17. The molecule has 0 spiro atoms. The summed E-state index contributed by atoms with van der Waals surface area (Å²) in [5, 5.41) is 20.7. The van der Waals surface area contributed by atoms with E-state index in [-0.39, 0.29) is 28.1 Å². The molecule has 184 valence electrons. The van der Waals surface area contributed by atoms with Gasteiger partial charge < -0.3 is 9.64 Å². The maximum absolute atomic E-state index is 13.8. The van der Waals surface area contributed by atoms with Gasteiger partial charge in [0.25, 0.3) is 5.69 Å². The third-order valence-corrected chi connectivity index (χ3v) is 6.84. The second-order valence-electron chi connectivity index (χ2n) is 8.68. The molecule has 2 aromatic rings. The zero-order valence-electron chi connectivity index (χ0n) is 19.3. The van der Waals surface area contributed by atoms with Gasteiger partial charge in [0.05, 0.1) is 52.8 Å². The Labute approximate surface area is 210 Å². The Bertz CT molecular complexity index is 1490. The lowest BCUT2D eigenvalue weighted by Gasteiger charge is -2.32. The standard InChI is InChI=1S/C26H18N4O7/c1-37-26(34)17-7-2-3-8-18(17)29-24(32)20-19-11-14(13-27)9-10-28(19)22(21(20)25(29)33)23(31)15-5-4-6-16(12-15)30(35)36/h2-12,19-22H,1H3/t19-,20-,21-,22-/m0/s1. The molecule has 0 aromatic heterocycles. The van der Waals surface area contributed by atoms with Crippen LogP contribution in [-0.2, 0) is 14.3 Å². The van der Waals surface area contributed by atoms with Gasteiger partial charge in [-0.2, -0.15) is 5.26 Å². The highest BCUT2D eigenvalue weighted by Gasteiger charge is 2.63. The molecule has 0 unspecified atom stereocenters. The number of anilines is 1. The first-order valence-electron chi connectivity index (χ1n) is 11.2. The second-order valence-corrected chi connectivity index (χ2v) is 8.68. The highest BCUT2D eigenvalue weighted by atomic mass is 16.6. The lowest BCUT2D eigenvalue weighted by Crippen LogP contribution is -2.46. The number of nitro groups is 1. The number of non-ortho nitro benzene ring substituents is 1. The van der Waals surface area contributed by atoms with E-state index in [0.717, 1.165) is 11.0 Å². The topological polar surface area (TPSA) is 151 Å². The number of allylic oxidation sites excluding steroid dienone is 2. The largest absolute Gasteiger partial charge is 0.465 e. The highest BCUT2D eigenvalue weighted by molar-refractivity contribution is 6.26. The van der Waals surface area contributed by atoms with E-state index in [4.69, 9.17) is 4.74 Å². The van der Waals surface area contributed by atoms with Crippen molar-refractivity contribution < 1.29 is 28.8 Å². The Kier molecular flexibility index (Phi) is 5.64.